The van der Waals surface area contributed by atoms with Crippen molar-refractivity contribution in [2.45, 2.75) is 12.3 Å². The summed E-state index contributed by atoms with van der Waals surface area (Å²) in [5, 5.41) is -0.173. The summed E-state index contributed by atoms with van der Waals surface area (Å²) in [5.41, 5.74) is -0.324. The highest BCUT2D eigenvalue weighted by Crippen LogP contribution is 2.34. The van der Waals surface area contributed by atoms with Gasteiger partial charge in [0.15, 0.2) is 0 Å². The molecule has 0 aromatic carbocycles. The van der Waals surface area contributed by atoms with Gasteiger partial charge in [-0.3, -0.25) is 4.98 Å². The highest BCUT2D eigenvalue weighted by atomic mass is 35.5. The van der Waals surface area contributed by atoms with Crippen LogP contribution in [0.4, 0.5) is 8.78 Å². The van der Waals surface area contributed by atoms with Crippen LogP contribution in [0, 0.1) is 0 Å². The van der Waals surface area contributed by atoms with Crippen LogP contribution in [0.15, 0.2) is 6.20 Å². The minimum absolute atomic E-state index is 0.00540. The summed E-state index contributed by atoms with van der Waals surface area (Å²) in [4.78, 5) is 3.65. The van der Waals surface area contributed by atoms with E-state index in [2.05, 4.69) is 4.98 Å². The molecule has 0 fully saturated rings. The Bertz CT molecular complexity index is 317. The highest BCUT2D eigenvalue weighted by molar-refractivity contribution is 6.42. The zero-order valence-electron chi connectivity index (χ0n) is 6.20. The summed E-state index contributed by atoms with van der Waals surface area (Å²) in [6.07, 6.45) is -1.51. The van der Waals surface area contributed by atoms with Crippen LogP contribution in [-0.4, -0.2) is 4.98 Å². The molecule has 0 bridgehead atoms. The Morgan fingerprint density at radius 3 is 2.46 bits per heavy atom. The highest BCUT2D eigenvalue weighted by Gasteiger charge is 2.19. The SMILES string of the molecule is FC(F)c1c(CCl)ncc(Cl)c1Cl. The lowest BCUT2D eigenvalue weighted by molar-refractivity contribution is 0.150. The number of hydrogen-bond acceptors (Lipinski definition) is 1. The summed E-state index contributed by atoms with van der Waals surface area (Å²) >= 11 is 16.5. The van der Waals surface area contributed by atoms with Crippen molar-refractivity contribution in [3.63, 3.8) is 0 Å². The van der Waals surface area contributed by atoms with Crippen LogP contribution >= 0.6 is 34.8 Å². The van der Waals surface area contributed by atoms with Crippen molar-refractivity contribution in [2.75, 3.05) is 0 Å². The smallest absolute Gasteiger partial charge is 0.258 e. The van der Waals surface area contributed by atoms with Gasteiger partial charge in [0.05, 0.1) is 27.2 Å². The van der Waals surface area contributed by atoms with E-state index >= 15 is 0 Å². The quantitative estimate of drug-likeness (QED) is 0.717. The lowest BCUT2D eigenvalue weighted by atomic mass is 10.2. The van der Waals surface area contributed by atoms with E-state index in [4.69, 9.17) is 34.8 Å². The normalized spacial score (nSPS) is 10.9. The zero-order chi connectivity index (χ0) is 10.0. The molecule has 1 rings (SSSR count). The van der Waals surface area contributed by atoms with Crippen LogP contribution in [0.1, 0.15) is 17.7 Å². The Morgan fingerprint density at radius 1 is 1.38 bits per heavy atom. The van der Waals surface area contributed by atoms with E-state index in [1.807, 2.05) is 0 Å². The van der Waals surface area contributed by atoms with Crippen LogP contribution in [0.3, 0.4) is 0 Å². The summed E-state index contributed by atoms with van der Waals surface area (Å²) in [5.74, 6) is -0.115. The first-order chi connectivity index (χ1) is 6.07. The van der Waals surface area contributed by atoms with Gasteiger partial charge in [0.25, 0.3) is 6.43 Å². The van der Waals surface area contributed by atoms with Gasteiger partial charge in [0.1, 0.15) is 0 Å². The number of alkyl halides is 3. The molecule has 1 aromatic heterocycles. The van der Waals surface area contributed by atoms with Gasteiger partial charge in [0, 0.05) is 6.20 Å². The maximum Gasteiger partial charge on any atom is 0.267 e. The van der Waals surface area contributed by atoms with E-state index in [0.29, 0.717) is 0 Å². The molecule has 1 heterocycles. The third-order valence-corrected chi connectivity index (χ3v) is 2.48. The number of rotatable bonds is 2. The molecule has 0 spiro atoms. The summed E-state index contributed by atoms with van der Waals surface area (Å²) < 4.78 is 24.8. The van der Waals surface area contributed by atoms with E-state index in [1.165, 1.54) is 6.20 Å². The molecule has 0 N–H and O–H groups in total. The first-order valence-corrected chi connectivity index (χ1v) is 4.53. The second kappa shape index (κ2) is 4.40. The molecule has 13 heavy (non-hydrogen) atoms. The van der Waals surface area contributed by atoms with Gasteiger partial charge in [-0.2, -0.15) is 0 Å². The average Bonchev–Trinajstić information content (AvgIpc) is 2.08. The van der Waals surface area contributed by atoms with Crippen LogP contribution in [0.2, 0.25) is 10.0 Å². The Hall–Kier alpha value is -0.120. The number of halogens is 5. The maximum atomic E-state index is 12.4. The average molecular weight is 246 g/mol. The molecule has 72 valence electrons. The number of aromatic nitrogens is 1. The number of pyridine rings is 1. The Kier molecular flexibility index (Phi) is 3.71. The lowest BCUT2D eigenvalue weighted by Crippen LogP contribution is -1.97. The molecule has 1 aromatic rings. The molecule has 0 saturated carbocycles. The minimum Gasteiger partial charge on any atom is -0.258 e. The largest absolute Gasteiger partial charge is 0.267 e. The summed E-state index contributed by atoms with van der Waals surface area (Å²) in [6, 6.07) is 0. The number of hydrogen-bond donors (Lipinski definition) is 0. The zero-order valence-corrected chi connectivity index (χ0v) is 8.47. The third kappa shape index (κ3) is 2.22. The van der Waals surface area contributed by atoms with Gasteiger partial charge in [-0.05, 0) is 0 Å². The molecule has 0 aliphatic carbocycles. The molecule has 6 heteroatoms. The van der Waals surface area contributed by atoms with E-state index in [0.717, 1.165) is 0 Å². The lowest BCUT2D eigenvalue weighted by Gasteiger charge is -2.08. The molecule has 0 atom stereocenters. The Morgan fingerprint density at radius 2 is 2.00 bits per heavy atom. The second-order valence-electron chi connectivity index (χ2n) is 2.21. The van der Waals surface area contributed by atoms with Gasteiger partial charge >= 0.3 is 0 Å². The first kappa shape index (κ1) is 11.0. The first-order valence-electron chi connectivity index (χ1n) is 3.24. The van der Waals surface area contributed by atoms with Crippen molar-refractivity contribution in [3.05, 3.63) is 27.5 Å². The molecule has 0 aliphatic rings. The number of nitrogens with zero attached hydrogens (tertiary/aromatic N) is 1. The predicted molar refractivity (Wildman–Crippen MR) is 48.8 cm³/mol. The third-order valence-electron chi connectivity index (χ3n) is 1.44. The fourth-order valence-corrected chi connectivity index (χ4v) is 1.45. The fraction of sp³-hybridized carbons (Fsp3) is 0.286. The van der Waals surface area contributed by atoms with Crippen molar-refractivity contribution in [1.29, 1.82) is 0 Å². The van der Waals surface area contributed by atoms with Gasteiger partial charge in [0.2, 0.25) is 0 Å². The molecule has 0 aliphatic heterocycles. The summed E-state index contributed by atoms with van der Waals surface area (Å²) in [6.45, 7) is 0. The molecule has 0 amide bonds. The predicted octanol–water partition coefficient (Wildman–Crippen LogP) is 4.06. The molecular weight excluding hydrogens is 242 g/mol. The van der Waals surface area contributed by atoms with Gasteiger partial charge < -0.3 is 0 Å². The van der Waals surface area contributed by atoms with Crippen LogP contribution in [-0.2, 0) is 5.88 Å². The monoisotopic (exact) mass is 245 g/mol. The van der Waals surface area contributed by atoms with E-state index in [-0.39, 0.29) is 27.2 Å². The van der Waals surface area contributed by atoms with Gasteiger partial charge in [-0.25, -0.2) is 8.78 Å². The van der Waals surface area contributed by atoms with Crippen molar-refractivity contribution >= 4 is 34.8 Å². The van der Waals surface area contributed by atoms with Crippen molar-refractivity contribution in [1.82, 2.24) is 4.98 Å². The Balaban J connectivity index is 3.32. The molecule has 0 unspecified atom stereocenters. The van der Waals surface area contributed by atoms with E-state index < -0.39 is 6.43 Å². The molecule has 0 radical (unpaired) electrons. The van der Waals surface area contributed by atoms with E-state index in [1.54, 1.807) is 0 Å². The topological polar surface area (TPSA) is 12.9 Å². The molecular formula is C7H4Cl3F2N. The van der Waals surface area contributed by atoms with Gasteiger partial charge in [-0.15, -0.1) is 11.6 Å². The second-order valence-corrected chi connectivity index (χ2v) is 3.27. The van der Waals surface area contributed by atoms with Crippen molar-refractivity contribution < 1.29 is 8.78 Å². The summed E-state index contributed by atoms with van der Waals surface area (Å²) in [7, 11) is 0. The minimum atomic E-state index is -2.72. The molecule has 0 saturated heterocycles. The van der Waals surface area contributed by atoms with E-state index in [9.17, 15) is 8.78 Å². The van der Waals surface area contributed by atoms with Crippen LogP contribution in [0.5, 0.6) is 0 Å². The fourth-order valence-electron chi connectivity index (χ4n) is 0.844. The van der Waals surface area contributed by atoms with Crippen molar-refractivity contribution in [2.24, 2.45) is 0 Å². The van der Waals surface area contributed by atoms with Crippen LogP contribution in [0.25, 0.3) is 0 Å². The van der Waals surface area contributed by atoms with Gasteiger partial charge in [-0.1, -0.05) is 23.2 Å². The standard InChI is InChI=1S/C7H4Cl3F2N/c8-1-4-5(7(11)12)6(10)3(9)2-13-4/h2,7H,1H2. The van der Waals surface area contributed by atoms with Crippen LogP contribution < -0.4 is 0 Å². The molecule has 1 nitrogen and oxygen atoms in total. The Labute approximate surface area is 88.6 Å². The van der Waals surface area contributed by atoms with Crippen molar-refractivity contribution in [3.8, 4) is 0 Å². The maximum absolute atomic E-state index is 12.4.